The first-order valence-electron chi connectivity index (χ1n) is 3.67. The summed E-state index contributed by atoms with van der Waals surface area (Å²) in [6, 6.07) is 0. The Bertz CT molecular complexity index is 260. The highest BCUT2D eigenvalue weighted by Gasteiger charge is 2.18. The van der Waals surface area contributed by atoms with Crippen molar-refractivity contribution in [2.75, 3.05) is 26.0 Å². The van der Waals surface area contributed by atoms with Crippen LogP contribution in [0.1, 0.15) is 6.42 Å². The summed E-state index contributed by atoms with van der Waals surface area (Å²) in [6.07, 6.45) is -0.419. The Labute approximate surface area is 76.8 Å². The van der Waals surface area contributed by atoms with Gasteiger partial charge >= 0.3 is 5.97 Å². The number of hydrogen-bond donors (Lipinski definition) is 2. The number of likely N-dealkylation sites (N-methyl/N-ethyl adjacent to an activating group) is 1. The molecule has 0 amide bonds. The van der Waals surface area contributed by atoms with Crippen molar-refractivity contribution in [3.63, 3.8) is 0 Å². The number of aliphatic carboxylic acids is 1. The van der Waals surface area contributed by atoms with Gasteiger partial charge in [0.25, 0.3) is 0 Å². The fraction of sp³-hybridized carbons (Fsp3) is 0.833. The lowest BCUT2D eigenvalue weighted by Crippen LogP contribution is -2.32. The van der Waals surface area contributed by atoms with Crippen LogP contribution in [0.5, 0.6) is 0 Å². The van der Waals surface area contributed by atoms with Gasteiger partial charge in [-0.3, -0.25) is 4.79 Å². The average molecular weight is 211 g/mol. The number of sulfonamides is 1. The maximum atomic E-state index is 11.2. The fourth-order valence-electron chi connectivity index (χ4n) is 0.652. The molecule has 2 N–H and O–H groups in total. The molecule has 0 aromatic carbocycles. The Hall–Kier alpha value is -0.660. The zero-order chi connectivity index (χ0) is 10.5. The molecule has 0 aromatic rings. The van der Waals surface area contributed by atoms with E-state index in [9.17, 15) is 13.2 Å². The lowest BCUT2D eigenvalue weighted by molar-refractivity contribution is -0.136. The van der Waals surface area contributed by atoms with Crippen molar-refractivity contribution in [1.82, 2.24) is 4.31 Å². The number of carbonyl (C=O) groups is 1. The van der Waals surface area contributed by atoms with Crippen LogP contribution in [0, 0.1) is 0 Å². The van der Waals surface area contributed by atoms with Crippen molar-refractivity contribution in [3.8, 4) is 0 Å². The van der Waals surface area contributed by atoms with Crippen LogP contribution in [0.25, 0.3) is 0 Å². The van der Waals surface area contributed by atoms with Crippen LogP contribution in [0.15, 0.2) is 0 Å². The Balaban J connectivity index is 4.15. The minimum absolute atomic E-state index is 0.0120. The van der Waals surface area contributed by atoms with Gasteiger partial charge in [0.1, 0.15) is 0 Å². The van der Waals surface area contributed by atoms with Crippen molar-refractivity contribution in [3.05, 3.63) is 0 Å². The molecule has 13 heavy (non-hydrogen) atoms. The zero-order valence-electron chi connectivity index (χ0n) is 7.30. The van der Waals surface area contributed by atoms with Crippen molar-refractivity contribution in [2.24, 2.45) is 0 Å². The second-order valence-corrected chi connectivity index (χ2v) is 4.70. The van der Waals surface area contributed by atoms with Gasteiger partial charge in [-0.05, 0) is 0 Å². The van der Waals surface area contributed by atoms with Gasteiger partial charge in [-0.2, -0.15) is 0 Å². The van der Waals surface area contributed by atoms with Crippen LogP contribution in [0.2, 0.25) is 0 Å². The largest absolute Gasteiger partial charge is 0.481 e. The molecule has 0 radical (unpaired) electrons. The maximum Gasteiger partial charge on any atom is 0.304 e. The van der Waals surface area contributed by atoms with Crippen LogP contribution >= 0.6 is 0 Å². The molecule has 7 heteroatoms. The molecule has 0 aliphatic rings. The van der Waals surface area contributed by atoms with Gasteiger partial charge in [0.2, 0.25) is 10.0 Å². The van der Waals surface area contributed by atoms with E-state index in [-0.39, 0.29) is 13.2 Å². The van der Waals surface area contributed by atoms with Crippen LogP contribution < -0.4 is 0 Å². The molecule has 0 rings (SSSR count). The molecule has 0 spiro atoms. The summed E-state index contributed by atoms with van der Waals surface area (Å²) in [5.41, 5.74) is 0. The Morgan fingerprint density at radius 3 is 2.38 bits per heavy atom. The lowest BCUT2D eigenvalue weighted by atomic mass is 10.5. The Kier molecular flexibility index (Phi) is 4.89. The number of carboxylic acids is 1. The summed E-state index contributed by atoms with van der Waals surface area (Å²) in [4.78, 5) is 10.1. The first kappa shape index (κ1) is 12.3. The number of nitrogens with zero attached hydrogens (tertiary/aromatic N) is 1. The third kappa shape index (κ3) is 4.81. The Morgan fingerprint density at radius 1 is 1.46 bits per heavy atom. The SMILES string of the molecule is CN(CCO)S(=O)(=O)CCC(=O)O. The first-order chi connectivity index (χ1) is 5.90. The molecule has 0 saturated heterocycles. The second-order valence-electron chi connectivity index (χ2n) is 2.50. The number of aliphatic hydroxyl groups is 1. The molecule has 0 unspecified atom stereocenters. The average Bonchev–Trinajstić information content (AvgIpc) is 2.01. The smallest absolute Gasteiger partial charge is 0.304 e. The molecule has 78 valence electrons. The van der Waals surface area contributed by atoms with E-state index in [1.807, 2.05) is 0 Å². The van der Waals surface area contributed by atoms with E-state index in [0.717, 1.165) is 4.31 Å². The van der Waals surface area contributed by atoms with E-state index in [4.69, 9.17) is 10.2 Å². The Morgan fingerprint density at radius 2 is 2.00 bits per heavy atom. The van der Waals surface area contributed by atoms with Crippen LogP contribution in [-0.2, 0) is 14.8 Å². The van der Waals surface area contributed by atoms with Gasteiger partial charge in [-0.15, -0.1) is 0 Å². The standard InChI is InChI=1S/C6H13NO5S/c1-7(3-4-8)13(11,12)5-2-6(9)10/h8H,2-5H2,1H3,(H,9,10). The molecule has 0 heterocycles. The molecule has 0 aliphatic carbocycles. The highest BCUT2D eigenvalue weighted by molar-refractivity contribution is 7.89. The molecular formula is C6H13NO5S. The van der Waals surface area contributed by atoms with Gasteiger partial charge < -0.3 is 10.2 Å². The van der Waals surface area contributed by atoms with E-state index in [0.29, 0.717) is 0 Å². The topological polar surface area (TPSA) is 94.9 Å². The second kappa shape index (κ2) is 5.15. The molecule has 0 fully saturated rings. The number of aliphatic hydroxyl groups excluding tert-OH is 1. The van der Waals surface area contributed by atoms with Gasteiger partial charge in [-0.1, -0.05) is 0 Å². The van der Waals surface area contributed by atoms with Crippen molar-refractivity contribution < 1.29 is 23.4 Å². The number of rotatable bonds is 6. The van der Waals surface area contributed by atoms with E-state index in [1.54, 1.807) is 0 Å². The maximum absolute atomic E-state index is 11.2. The summed E-state index contributed by atoms with van der Waals surface area (Å²) in [6.45, 7) is -0.287. The van der Waals surface area contributed by atoms with E-state index < -0.39 is 28.2 Å². The van der Waals surface area contributed by atoms with Crippen molar-refractivity contribution >= 4 is 16.0 Å². The van der Waals surface area contributed by atoms with Crippen molar-refractivity contribution in [1.29, 1.82) is 0 Å². The van der Waals surface area contributed by atoms with Crippen LogP contribution in [0.3, 0.4) is 0 Å². The van der Waals surface area contributed by atoms with E-state index >= 15 is 0 Å². The van der Waals surface area contributed by atoms with Crippen LogP contribution in [-0.4, -0.2) is 54.9 Å². The summed E-state index contributed by atoms with van der Waals surface area (Å²) >= 11 is 0. The highest BCUT2D eigenvalue weighted by Crippen LogP contribution is 1.99. The third-order valence-corrected chi connectivity index (χ3v) is 3.32. The normalized spacial score (nSPS) is 11.9. The van der Waals surface area contributed by atoms with Crippen molar-refractivity contribution in [2.45, 2.75) is 6.42 Å². The number of hydrogen-bond acceptors (Lipinski definition) is 4. The van der Waals surface area contributed by atoms with Gasteiger partial charge in [-0.25, -0.2) is 12.7 Å². The van der Waals surface area contributed by atoms with Gasteiger partial charge in [0.05, 0.1) is 18.8 Å². The molecular weight excluding hydrogens is 198 g/mol. The molecule has 0 bridgehead atoms. The third-order valence-electron chi connectivity index (χ3n) is 1.46. The molecule has 0 aromatic heterocycles. The molecule has 0 saturated carbocycles. The summed E-state index contributed by atoms with van der Waals surface area (Å²) in [5.74, 6) is -1.58. The summed E-state index contributed by atoms with van der Waals surface area (Å²) in [7, 11) is -2.23. The lowest BCUT2D eigenvalue weighted by Gasteiger charge is -2.14. The minimum atomic E-state index is -3.52. The predicted octanol–water partition coefficient (Wildman–Crippen LogP) is -1.28. The monoisotopic (exact) mass is 211 g/mol. The van der Waals surface area contributed by atoms with Crippen LogP contribution in [0.4, 0.5) is 0 Å². The summed E-state index contributed by atoms with van der Waals surface area (Å²) in [5, 5.41) is 16.7. The van der Waals surface area contributed by atoms with E-state index in [1.165, 1.54) is 7.05 Å². The first-order valence-corrected chi connectivity index (χ1v) is 5.27. The minimum Gasteiger partial charge on any atom is -0.481 e. The predicted molar refractivity (Wildman–Crippen MR) is 45.8 cm³/mol. The molecule has 0 aliphatic heterocycles. The van der Waals surface area contributed by atoms with Gasteiger partial charge in [0.15, 0.2) is 0 Å². The zero-order valence-corrected chi connectivity index (χ0v) is 8.12. The quantitative estimate of drug-likeness (QED) is 0.570. The molecule has 0 atom stereocenters. The molecule has 6 nitrogen and oxygen atoms in total. The summed E-state index contributed by atoms with van der Waals surface area (Å²) < 4.78 is 23.3. The number of carboxylic acid groups (broad SMARTS) is 1. The van der Waals surface area contributed by atoms with Gasteiger partial charge in [0, 0.05) is 13.6 Å². The highest BCUT2D eigenvalue weighted by atomic mass is 32.2. The van der Waals surface area contributed by atoms with E-state index in [2.05, 4.69) is 0 Å². The fourth-order valence-corrected chi connectivity index (χ4v) is 1.76.